The van der Waals surface area contributed by atoms with Crippen LogP contribution in [0.1, 0.15) is 12.5 Å². The molecule has 0 saturated heterocycles. The molecule has 0 amide bonds. The van der Waals surface area contributed by atoms with Gasteiger partial charge in [-0.1, -0.05) is 18.2 Å². The van der Waals surface area contributed by atoms with Gasteiger partial charge in [0.1, 0.15) is 5.75 Å². The highest BCUT2D eigenvalue weighted by atomic mass is 16.5. The van der Waals surface area contributed by atoms with Crippen molar-refractivity contribution in [2.75, 3.05) is 12.3 Å². The molecule has 0 spiro atoms. The lowest BCUT2D eigenvalue weighted by atomic mass is 10.2. The highest BCUT2D eigenvalue weighted by Gasteiger charge is 2.08. The van der Waals surface area contributed by atoms with E-state index in [0.717, 1.165) is 5.56 Å². The lowest BCUT2D eigenvalue weighted by Gasteiger charge is -2.08. The van der Waals surface area contributed by atoms with Gasteiger partial charge in [0.05, 0.1) is 6.61 Å². The zero-order valence-corrected chi connectivity index (χ0v) is 10.3. The van der Waals surface area contributed by atoms with Crippen LogP contribution in [0.5, 0.6) is 17.8 Å². The zero-order valence-electron chi connectivity index (χ0n) is 10.3. The standard InChI is InChI=1S/C12H14N4O2/c1-3-17-11-14-10(13)15-12(16-11)18-9-7-5-4-6-8(9)2/h4-7H,3H2,1-2H3,(H2,13,14,15,16). The molecular weight excluding hydrogens is 232 g/mol. The number of aryl methyl sites for hydroxylation is 1. The normalized spacial score (nSPS) is 10.1. The van der Waals surface area contributed by atoms with Crippen molar-refractivity contribution < 1.29 is 9.47 Å². The molecule has 0 unspecified atom stereocenters. The SMILES string of the molecule is CCOc1nc(N)nc(Oc2ccccc2C)n1. The Bertz CT molecular complexity index is 545. The van der Waals surface area contributed by atoms with E-state index < -0.39 is 0 Å². The number of para-hydroxylation sites is 1. The van der Waals surface area contributed by atoms with E-state index in [4.69, 9.17) is 15.2 Å². The number of nitrogen functional groups attached to an aromatic ring is 1. The number of anilines is 1. The highest BCUT2D eigenvalue weighted by molar-refractivity contribution is 5.34. The largest absolute Gasteiger partial charge is 0.464 e. The van der Waals surface area contributed by atoms with Crippen LogP contribution in [-0.4, -0.2) is 21.6 Å². The third-order valence-corrected chi connectivity index (χ3v) is 2.18. The van der Waals surface area contributed by atoms with Gasteiger partial charge in [-0.05, 0) is 25.5 Å². The summed E-state index contributed by atoms with van der Waals surface area (Å²) in [6.07, 6.45) is 0. The summed E-state index contributed by atoms with van der Waals surface area (Å²) in [6, 6.07) is 7.85. The molecule has 0 aliphatic heterocycles. The molecular formula is C12H14N4O2. The maximum atomic E-state index is 5.56. The molecule has 0 fully saturated rings. The van der Waals surface area contributed by atoms with Gasteiger partial charge >= 0.3 is 12.0 Å². The fourth-order valence-corrected chi connectivity index (χ4v) is 1.36. The van der Waals surface area contributed by atoms with Crippen molar-refractivity contribution in [1.29, 1.82) is 0 Å². The summed E-state index contributed by atoms with van der Waals surface area (Å²) >= 11 is 0. The molecule has 6 heteroatoms. The maximum Gasteiger partial charge on any atom is 0.330 e. The van der Waals surface area contributed by atoms with Crippen molar-refractivity contribution in [3.63, 3.8) is 0 Å². The van der Waals surface area contributed by atoms with Crippen LogP contribution < -0.4 is 15.2 Å². The summed E-state index contributed by atoms with van der Waals surface area (Å²) < 4.78 is 10.7. The molecule has 2 aromatic rings. The second kappa shape index (κ2) is 5.31. The van der Waals surface area contributed by atoms with Crippen LogP contribution >= 0.6 is 0 Å². The molecule has 0 aliphatic rings. The first-order valence-electron chi connectivity index (χ1n) is 5.57. The Morgan fingerprint density at radius 2 is 1.83 bits per heavy atom. The third-order valence-electron chi connectivity index (χ3n) is 2.18. The van der Waals surface area contributed by atoms with Crippen LogP contribution in [0.3, 0.4) is 0 Å². The summed E-state index contributed by atoms with van der Waals surface area (Å²) in [5.74, 6) is 0.739. The van der Waals surface area contributed by atoms with Gasteiger partial charge in [0, 0.05) is 0 Å². The number of hydrogen-bond acceptors (Lipinski definition) is 6. The van der Waals surface area contributed by atoms with E-state index in [-0.39, 0.29) is 18.0 Å². The van der Waals surface area contributed by atoms with Gasteiger partial charge in [-0.2, -0.15) is 9.97 Å². The Labute approximate surface area is 105 Å². The van der Waals surface area contributed by atoms with Gasteiger partial charge in [0.25, 0.3) is 0 Å². The van der Waals surface area contributed by atoms with E-state index in [9.17, 15) is 0 Å². The van der Waals surface area contributed by atoms with Crippen molar-refractivity contribution in [3.8, 4) is 17.8 Å². The Balaban J connectivity index is 2.26. The highest BCUT2D eigenvalue weighted by Crippen LogP contribution is 2.23. The molecule has 1 aromatic carbocycles. The van der Waals surface area contributed by atoms with E-state index >= 15 is 0 Å². The van der Waals surface area contributed by atoms with Crippen molar-refractivity contribution >= 4 is 5.95 Å². The second-order valence-electron chi connectivity index (χ2n) is 3.56. The third kappa shape index (κ3) is 2.85. The first-order chi connectivity index (χ1) is 8.69. The van der Waals surface area contributed by atoms with Gasteiger partial charge in [0.2, 0.25) is 5.95 Å². The fourth-order valence-electron chi connectivity index (χ4n) is 1.36. The molecule has 2 N–H and O–H groups in total. The van der Waals surface area contributed by atoms with Crippen LogP contribution in [0.2, 0.25) is 0 Å². The average molecular weight is 246 g/mol. The minimum Gasteiger partial charge on any atom is -0.464 e. The topological polar surface area (TPSA) is 83.2 Å². The van der Waals surface area contributed by atoms with Crippen molar-refractivity contribution in [3.05, 3.63) is 29.8 Å². The fraction of sp³-hybridized carbons (Fsp3) is 0.250. The van der Waals surface area contributed by atoms with Crippen LogP contribution in [0.4, 0.5) is 5.95 Å². The molecule has 0 atom stereocenters. The number of hydrogen-bond donors (Lipinski definition) is 1. The summed E-state index contributed by atoms with van der Waals surface area (Å²) in [5.41, 5.74) is 6.54. The average Bonchev–Trinajstić information content (AvgIpc) is 2.32. The number of rotatable bonds is 4. The molecule has 1 heterocycles. The second-order valence-corrected chi connectivity index (χ2v) is 3.56. The molecule has 18 heavy (non-hydrogen) atoms. The van der Waals surface area contributed by atoms with Crippen LogP contribution in [-0.2, 0) is 0 Å². The predicted molar refractivity (Wildman–Crippen MR) is 66.7 cm³/mol. The number of ether oxygens (including phenoxy) is 2. The first-order valence-corrected chi connectivity index (χ1v) is 5.57. The smallest absolute Gasteiger partial charge is 0.330 e. The van der Waals surface area contributed by atoms with Crippen molar-refractivity contribution in [2.45, 2.75) is 13.8 Å². The molecule has 94 valence electrons. The van der Waals surface area contributed by atoms with Gasteiger partial charge < -0.3 is 15.2 Å². The van der Waals surface area contributed by atoms with Crippen LogP contribution in [0, 0.1) is 6.92 Å². The van der Waals surface area contributed by atoms with Gasteiger partial charge in [0.15, 0.2) is 0 Å². The van der Waals surface area contributed by atoms with Crippen LogP contribution in [0.25, 0.3) is 0 Å². The molecule has 1 aromatic heterocycles. The lowest BCUT2D eigenvalue weighted by molar-refractivity contribution is 0.304. The summed E-state index contributed by atoms with van der Waals surface area (Å²) in [5, 5.41) is 0. The van der Waals surface area contributed by atoms with E-state index in [1.54, 1.807) is 0 Å². The number of aromatic nitrogens is 3. The molecule has 0 aliphatic carbocycles. The first kappa shape index (κ1) is 12.1. The molecule has 0 radical (unpaired) electrons. The number of benzene rings is 1. The monoisotopic (exact) mass is 246 g/mol. The van der Waals surface area contributed by atoms with E-state index in [1.165, 1.54) is 0 Å². The number of nitrogens with two attached hydrogens (primary N) is 1. The quantitative estimate of drug-likeness (QED) is 0.887. The van der Waals surface area contributed by atoms with Gasteiger partial charge in [-0.15, -0.1) is 4.98 Å². The molecule has 6 nitrogen and oxygen atoms in total. The van der Waals surface area contributed by atoms with Gasteiger partial charge in [-0.25, -0.2) is 0 Å². The Kier molecular flexibility index (Phi) is 3.57. The molecule has 0 bridgehead atoms. The molecule has 0 saturated carbocycles. The molecule has 2 rings (SSSR count). The minimum atomic E-state index is 0.0667. The number of nitrogens with zero attached hydrogens (tertiary/aromatic N) is 3. The maximum absolute atomic E-state index is 5.56. The van der Waals surface area contributed by atoms with Crippen LogP contribution in [0.15, 0.2) is 24.3 Å². The Morgan fingerprint density at radius 1 is 1.11 bits per heavy atom. The summed E-state index contributed by atoms with van der Waals surface area (Å²) in [4.78, 5) is 11.8. The summed E-state index contributed by atoms with van der Waals surface area (Å²) in [6.45, 7) is 4.22. The van der Waals surface area contributed by atoms with E-state index in [1.807, 2.05) is 38.1 Å². The van der Waals surface area contributed by atoms with Crippen molar-refractivity contribution in [1.82, 2.24) is 15.0 Å². The van der Waals surface area contributed by atoms with E-state index in [2.05, 4.69) is 15.0 Å². The Hall–Kier alpha value is -2.37. The summed E-state index contributed by atoms with van der Waals surface area (Å²) in [7, 11) is 0. The van der Waals surface area contributed by atoms with Gasteiger partial charge in [-0.3, -0.25) is 0 Å². The Morgan fingerprint density at radius 3 is 2.56 bits per heavy atom. The van der Waals surface area contributed by atoms with E-state index in [0.29, 0.717) is 12.4 Å². The zero-order chi connectivity index (χ0) is 13.0. The van der Waals surface area contributed by atoms with Crippen molar-refractivity contribution in [2.24, 2.45) is 0 Å². The minimum absolute atomic E-state index is 0.0667. The lowest BCUT2D eigenvalue weighted by Crippen LogP contribution is -2.05. The predicted octanol–water partition coefficient (Wildman–Crippen LogP) is 1.95.